The molecule has 2 heterocycles. The first-order valence-corrected chi connectivity index (χ1v) is 9.79. The van der Waals surface area contributed by atoms with Gasteiger partial charge in [0, 0.05) is 6.42 Å². The van der Waals surface area contributed by atoms with Gasteiger partial charge in [-0.15, -0.1) is 0 Å². The topological polar surface area (TPSA) is 166 Å². The number of aliphatic hydroxyl groups excluding tert-OH is 4. The summed E-state index contributed by atoms with van der Waals surface area (Å²) in [6.07, 6.45) is -5.68. The largest absolute Gasteiger partial charge is 0.508 e. The predicted octanol–water partition coefficient (Wildman–Crippen LogP) is -1.73. The van der Waals surface area contributed by atoms with Crippen molar-refractivity contribution >= 4 is 5.78 Å². The van der Waals surface area contributed by atoms with Gasteiger partial charge in [0.25, 0.3) is 0 Å². The average molecular weight is 436 g/mol. The summed E-state index contributed by atoms with van der Waals surface area (Å²) in [6.45, 7) is -0.638. The highest BCUT2D eigenvalue weighted by Gasteiger charge is 2.50. The number of hydrogen-bond acceptors (Lipinski definition) is 10. The molecular formula is C21H24O10. The number of benzene rings is 1. The van der Waals surface area contributed by atoms with E-state index in [-0.39, 0.29) is 12.2 Å². The van der Waals surface area contributed by atoms with Crippen LogP contribution in [0, 0.1) is 0 Å². The van der Waals surface area contributed by atoms with Crippen LogP contribution < -0.4 is 0 Å². The number of phenolic OH excluding ortho intramolecular Hbond substituents is 1. The maximum Gasteiger partial charge on any atom is 0.190 e. The summed E-state index contributed by atoms with van der Waals surface area (Å²) in [6, 6.07) is 6.20. The minimum atomic E-state index is -1.75. The lowest BCUT2D eigenvalue weighted by molar-refractivity contribution is -0.316. The van der Waals surface area contributed by atoms with E-state index in [1.165, 1.54) is 30.4 Å². The van der Waals surface area contributed by atoms with Gasteiger partial charge in [-0.3, -0.25) is 4.79 Å². The molecule has 10 heteroatoms. The molecule has 0 bridgehead atoms. The summed E-state index contributed by atoms with van der Waals surface area (Å²) in [4.78, 5) is 12.5. The van der Waals surface area contributed by atoms with Crippen molar-refractivity contribution in [2.75, 3.05) is 6.61 Å². The average Bonchev–Trinajstić information content (AvgIpc) is 3.08. The highest BCUT2D eigenvalue weighted by Crippen LogP contribution is 2.37. The van der Waals surface area contributed by atoms with Gasteiger partial charge in [-0.1, -0.05) is 18.2 Å². The highest BCUT2D eigenvalue weighted by atomic mass is 16.7. The lowest BCUT2D eigenvalue weighted by Crippen LogP contribution is -2.60. The standard InChI is InChI=1S/C21H24O10/c22-9-14-15(25)16(26)17(27)20(29-14)30-19-13(24)6-3-11-8-21(28,31-18(11)19)7-10-1-4-12(23)5-2-10/h1-6,8,14-20,22-23,25-28H,7,9H2/t14-,15-,16+,17-,18?,19?,20?,21?/m1/s1. The Morgan fingerprint density at radius 1 is 1.03 bits per heavy atom. The first kappa shape index (κ1) is 22.1. The van der Waals surface area contributed by atoms with Crippen LogP contribution >= 0.6 is 0 Å². The third-order valence-corrected chi connectivity index (χ3v) is 5.57. The predicted molar refractivity (Wildman–Crippen MR) is 103 cm³/mol. The molecule has 1 aromatic carbocycles. The number of carbonyl (C=O) groups is 1. The second-order valence-electron chi connectivity index (χ2n) is 7.86. The molecule has 8 atom stereocenters. The van der Waals surface area contributed by atoms with Gasteiger partial charge in [0.15, 0.2) is 24.0 Å². The summed E-state index contributed by atoms with van der Waals surface area (Å²) < 4.78 is 16.7. The van der Waals surface area contributed by atoms with Gasteiger partial charge >= 0.3 is 0 Å². The van der Waals surface area contributed by atoms with Crippen LogP contribution in [-0.4, -0.2) is 91.7 Å². The van der Waals surface area contributed by atoms with Crippen molar-refractivity contribution < 1.29 is 49.6 Å². The smallest absolute Gasteiger partial charge is 0.190 e. The molecule has 1 aromatic rings. The van der Waals surface area contributed by atoms with Gasteiger partial charge in [-0.2, -0.15) is 0 Å². The van der Waals surface area contributed by atoms with E-state index < -0.39 is 61.1 Å². The van der Waals surface area contributed by atoms with Crippen LogP contribution in [0.15, 0.2) is 48.1 Å². The number of fused-ring (bicyclic) bond motifs is 1. The molecule has 0 aromatic heterocycles. The van der Waals surface area contributed by atoms with E-state index in [2.05, 4.69) is 0 Å². The maximum absolute atomic E-state index is 12.5. The second-order valence-corrected chi connectivity index (χ2v) is 7.86. The molecule has 168 valence electrons. The summed E-state index contributed by atoms with van der Waals surface area (Å²) in [5, 5.41) is 59.7. The molecule has 3 aliphatic rings. The first-order chi connectivity index (χ1) is 14.7. The van der Waals surface area contributed by atoms with Gasteiger partial charge < -0.3 is 44.8 Å². The van der Waals surface area contributed by atoms with Crippen LogP contribution in [0.25, 0.3) is 0 Å². The van der Waals surface area contributed by atoms with Crippen molar-refractivity contribution in [2.45, 2.75) is 55.1 Å². The number of rotatable bonds is 5. The van der Waals surface area contributed by atoms with Crippen LogP contribution in [0.2, 0.25) is 0 Å². The SMILES string of the molecule is O=C1C=CC2=CC(O)(Cc3ccc(O)cc3)OC2C1OC1O[C@H](CO)[C@@H](O)[C@H](O)[C@H]1O. The van der Waals surface area contributed by atoms with E-state index >= 15 is 0 Å². The number of hydrogen-bond donors (Lipinski definition) is 6. The van der Waals surface area contributed by atoms with E-state index in [1.807, 2.05) is 0 Å². The van der Waals surface area contributed by atoms with E-state index in [4.69, 9.17) is 14.2 Å². The van der Waals surface area contributed by atoms with Crippen molar-refractivity contribution in [3.8, 4) is 5.75 Å². The van der Waals surface area contributed by atoms with Gasteiger partial charge in [-0.25, -0.2) is 0 Å². The highest BCUT2D eigenvalue weighted by molar-refractivity contribution is 5.96. The normalized spacial score (nSPS) is 40.0. The van der Waals surface area contributed by atoms with E-state index in [0.717, 1.165) is 0 Å². The molecular weight excluding hydrogens is 412 g/mol. The van der Waals surface area contributed by atoms with Crippen molar-refractivity contribution in [3.63, 3.8) is 0 Å². The van der Waals surface area contributed by atoms with Gasteiger partial charge in [0.05, 0.1) is 6.61 Å². The van der Waals surface area contributed by atoms with Gasteiger partial charge in [0.1, 0.15) is 36.3 Å². The Labute approximate surface area is 177 Å². The number of aliphatic hydroxyl groups is 5. The lowest BCUT2D eigenvalue weighted by Gasteiger charge is -2.41. The summed E-state index contributed by atoms with van der Waals surface area (Å²) in [7, 11) is 0. The molecule has 1 saturated heterocycles. The molecule has 0 amide bonds. The van der Waals surface area contributed by atoms with Crippen molar-refractivity contribution in [2.24, 2.45) is 0 Å². The van der Waals surface area contributed by atoms with Gasteiger partial charge in [0.2, 0.25) is 0 Å². The third kappa shape index (κ3) is 4.29. The minimum absolute atomic E-state index is 0.0437. The second kappa shape index (κ2) is 8.41. The lowest BCUT2D eigenvalue weighted by atomic mass is 9.94. The van der Waals surface area contributed by atoms with Crippen LogP contribution in [0.1, 0.15) is 5.56 Å². The first-order valence-electron chi connectivity index (χ1n) is 9.79. The zero-order valence-electron chi connectivity index (χ0n) is 16.3. The molecule has 10 nitrogen and oxygen atoms in total. The van der Waals surface area contributed by atoms with E-state index in [9.17, 15) is 35.4 Å². The van der Waals surface area contributed by atoms with Gasteiger partial charge in [-0.05, 0) is 35.4 Å². The molecule has 6 N–H and O–H groups in total. The number of phenols is 1. The van der Waals surface area contributed by atoms with Crippen LogP contribution in [0.5, 0.6) is 5.75 Å². The molecule has 4 rings (SSSR count). The van der Waals surface area contributed by atoms with E-state index in [1.54, 1.807) is 12.1 Å². The summed E-state index contributed by atoms with van der Waals surface area (Å²) in [5.74, 6) is -2.17. The fourth-order valence-corrected chi connectivity index (χ4v) is 3.93. The molecule has 4 unspecified atom stereocenters. The van der Waals surface area contributed by atoms with Crippen molar-refractivity contribution in [1.29, 1.82) is 0 Å². The molecule has 1 fully saturated rings. The Morgan fingerprint density at radius 3 is 2.42 bits per heavy atom. The van der Waals surface area contributed by atoms with Crippen LogP contribution in [-0.2, 0) is 25.4 Å². The van der Waals surface area contributed by atoms with Crippen molar-refractivity contribution in [1.82, 2.24) is 0 Å². The third-order valence-electron chi connectivity index (χ3n) is 5.57. The fraction of sp³-hybridized carbons (Fsp3) is 0.476. The molecule has 1 aliphatic carbocycles. The Balaban J connectivity index is 1.51. The van der Waals surface area contributed by atoms with E-state index in [0.29, 0.717) is 11.1 Å². The number of carbonyl (C=O) groups excluding carboxylic acids is 1. The molecule has 0 spiro atoms. The maximum atomic E-state index is 12.5. The molecule has 31 heavy (non-hydrogen) atoms. The van der Waals surface area contributed by atoms with Crippen LogP contribution in [0.3, 0.4) is 0 Å². The fourth-order valence-electron chi connectivity index (χ4n) is 3.93. The Morgan fingerprint density at radius 2 is 1.74 bits per heavy atom. The number of ether oxygens (including phenoxy) is 3. The summed E-state index contributed by atoms with van der Waals surface area (Å²) >= 11 is 0. The monoisotopic (exact) mass is 436 g/mol. The summed E-state index contributed by atoms with van der Waals surface area (Å²) in [5.41, 5.74) is 1.16. The van der Waals surface area contributed by atoms with Crippen LogP contribution in [0.4, 0.5) is 0 Å². The Bertz CT molecular complexity index is 879. The number of aromatic hydroxyl groups is 1. The molecule has 0 saturated carbocycles. The Hall–Kier alpha value is -2.15. The minimum Gasteiger partial charge on any atom is -0.508 e. The zero-order valence-corrected chi connectivity index (χ0v) is 16.3. The molecule has 0 radical (unpaired) electrons. The molecule has 2 aliphatic heterocycles. The Kier molecular flexibility index (Phi) is 5.99. The number of ketones is 1. The zero-order chi connectivity index (χ0) is 22.3. The quantitative estimate of drug-likeness (QED) is 0.312. The van der Waals surface area contributed by atoms with Crippen molar-refractivity contribution in [3.05, 3.63) is 53.6 Å².